The van der Waals surface area contributed by atoms with Crippen LogP contribution in [0.3, 0.4) is 0 Å². The number of nitrogens with zero attached hydrogens (tertiary/aromatic N) is 2. The molecule has 0 amide bonds. The van der Waals surface area contributed by atoms with Crippen molar-refractivity contribution in [2.45, 2.75) is 20.3 Å². The molecular formula is C13H19ClN4. The second kappa shape index (κ2) is 5.14. The molecule has 98 valence electrons. The highest BCUT2D eigenvalue weighted by Crippen LogP contribution is 2.31. The molecule has 2 unspecified atom stereocenters. The van der Waals surface area contributed by atoms with E-state index in [1.54, 1.807) is 12.3 Å². The molecule has 0 aromatic carbocycles. The van der Waals surface area contributed by atoms with E-state index in [2.05, 4.69) is 23.7 Å². The van der Waals surface area contributed by atoms with Crippen LogP contribution < -0.4 is 10.6 Å². The van der Waals surface area contributed by atoms with Gasteiger partial charge in [0.2, 0.25) is 0 Å². The van der Waals surface area contributed by atoms with E-state index >= 15 is 0 Å². The van der Waals surface area contributed by atoms with Gasteiger partial charge in [-0.1, -0.05) is 25.4 Å². The standard InChI is InChI=1S/C13H19ClN4/c1-8-4-6-18(7-9(8)2)13-11(14)10(12(15)16)3-5-17-13/h3,5,8-9H,4,6-7H2,1-2H3,(H3,15,16). The van der Waals surface area contributed by atoms with Crippen LogP contribution in [0.5, 0.6) is 0 Å². The smallest absolute Gasteiger partial charge is 0.148 e. The van der Waals surface area contributed by atoms with Gasteiger partial charge < -0.3 is 10.6 Å². The second-order valence-electron chi connectivity index (χ2n) is 5.10. The number of halogens is 1. The minimum Gasteiger partial charge on any atom is -0.384 e. The fourth-order valence-corrected chi connectivity index (χ4v) is 2.65. The molecule has 2 heterocycles. The van der Waals surface area contributed by atoms with Gasteiger partial charge in [-0.3, -0.25) is 5.41 Å². The Morgan fingerprint density at radius 1 is 1.50 bits per heavy atom. The molecule has 3 N–H and O–H groups in total. The molecule has 2 rings (SSSR count). The zero-order chi connectivity index (χ0) is 13.3. The zero-order valence-electron chi connectivity index (χ0n) is 10.8. The minimum absolute atomic E-state index is 0.0120. The van der Waals surface area contributed by atoms with Gasteiger partial charge in [-0.15, -0.1) is 0 Å². The normalized spacial score (nSPS) is 24.1. The van der Waals surface area contributed by atoms with Crippen LogP contribution in [0.2, 0.25) is 5.02 Å². The number of nitrogens with one attached hydrogen (secondary N) is 1. The van der Waals surface area contributed by atoms with Crippen LogP contribution in [0, 0.1) is 17.2 Å². The Hall–Kier alpha value is -1.29. The van der Waals surface area contributed by atoms with Crippen LogP contribution in [0.15, 0.2) is 12.3 Å². The van der Waals surface area contributed by atoms with Gasteiger partial charge in [0, 0.05) is 24.8 Å². The predicted octanol–water partition coefficient (Wildman–Crippen LogP) is 2.50. The molecule has 1 fully saturated rings. The number of hydrogen-bond donors (Lipinski definition) is 2. The molecule has 2 atom stereocenters. The average molecular weight is 267 g/mol. The number of aromatic nitrogens is 1. The first-order chi connectivity index (χ1) is 8.50. The van der Waals surface area contributed by atoms with Crippen molar-refractivity contribution >= 4 is 23.3 Å². The number of nitrogen functional groups attached to an aromatic ring is 1. The molecule has 0 aliphatic carbocycles. The van der Waals surface area contributed by atoms with Crippen molar-refractivity contribution in [3.05, 3.63) is 22.8 Å². The summed E-state index contributed by atoms with van der Waals surface area (Å²) in [7, 11) is 0. The molecule has 0 bridgehead atoms. The topological polar surface area (TPSA) is 66.0 Å². The highest BCUT2D eigenvalue weighted by molar-refractivity contribution is 6.36. The zero-order valence-corrected chi connectivity index (χ0v) is 11.5. The number of nitrogens with two attached hydrogens (primary N) is 1. The van der Waals surface area contributed by atoms with Crippen LogP contribution in [-0.2, 0) is 0 Å². The fraction of sp³-hybridized carbons (Fsp3) is 0.538. The molecule has 0 saturated carbocycles. The van der Waals surface area contributed by atoms with Gasteiger partial charge in [-0.25, -0.2) is 4.98 Å². The van der Waals surface area contributed by atoms with Gasteiger partial charge in [-0.2, -0.15) is 0 Å². The molecule has 0 radical (unpaired) electrons. The third-order valence-electron chi connectivity index (χ3n) is 3.79. The van der Waals surface area contributed by atoms with E-state index in [1.807, 2.05) is 0 Å². The van der Waals surface area contributed by atoms with Crippen LogP contribution in [0.4, 0.5) is 5.82 Å². The summed E-state index contributed by atoms with van der Waals surface area (Å²) in [5.41, 5.74) is 6.08. The summed E-state index contributed by atoms with van der Waals surface area (Å²) in [6.07, 6.45) is 2.81. The van der Waals surface area contributed by atoms with Crippen molar-refractivity contribution in [3.8, 4) is 0 Å². The Labute approximate surface area is 113 Å². The Morgan fingerprint density at radius 2 is 2.22 bits per heavy atom. The lowest BCUT2D eigenvalue weighted by Crippen LogP contribution is -2.39. The third-order valence-corrected chi connectivity index (χ3v) is 4.17. The van der Waals surface area contributed by atoms with Gasteiger partial charge >= 0.3 is 0 Å². The second-order valence-corrected chi connectivity index (χ2v) is 5.48. The first-order valence-electron chi connectivity index (χ1n) is 6.24. The number of piperidine rings is 1. The maximum Gasteiger partial charge on any atom is 0.148 e. The van der Waals surface area contributed by atoms with Crippen molar-refractivity contribution < 1.29 is 0 Å². The molecule has 4 nitrogen and oxygen atoms in total. The first-order valence-corrected chi connectivity index (χ1v) is 6.62. The van der Waals surface area contributed by atoms with Crippen LogP contribution in [-0.4, -0.2) is 23.9 Å². The highest BCUT2D eigenvalue weighted by Gasteiger charge is 2.25. The average Bonchev–Trinajstić information content (AvgIpc) is 2.33. The van der Waals surface area contributed by atoms with Gasteiger partial charge in [0.05, 0.1) is 5.02 Å². The SMILES string of the molecule is CC1CCN(c2nccc(C(=N)N)c2Cl)CC1C. The van der Waals surface area contributed by atoms with E-state index in [0.717, 1.165) is 31.2 Å². The minimum atomic E-state index is -0.0120. The lowest BCUT2D eigenvalue weighted by Gasteiger charge is -2.36. The van der Waals surface area contributed by atoms with Crippen LogP contribution >= 0.6 is 11.6 Å². The summed E-state index contributed by atoms with van der Waals surface area (Å²) >= 11 is 6.30. The maximum absolute atomic E-state index is 7.51. The van der Waals surface area contributed by atoms with E-state index in [4.69, 9.17) is 22.7 Å². The van der Waals surface area contributed by atoms with Crippen molar-refractivity contribution in [1.82, 2.24) is 4.98 Å². The summed E-state index contributed by atoms with van der Waals surface area (Å²) in [5, 5.41) is 8.00. The largest absolute Gasteiger partial charge is 0.384 e. The van der Waals surface area contributed by atoms with Gasteiger partial charge in [0.1, 0.15) is 11.7 Å². The molecule has 1 aromatic heterocycles. The summed E-state index contributed by atoms with van der Waals surface area (Å²) < 4.78 is 0. The number of pyridine rings is 1. The first kappa shape index (κ1) is 13.1. The predicted molar refractivity (Wildman–Crippen MR) is 75.4 cm³/mol. The summed E-state index contributed by atoms with van der Waals surface area (Å²) in [6, 6.07) is 1.68. The molecule has 0 spiro atoms. The Bertz CT molecular complexity index is 460. The monoisotopic (exact) mass is 266 g/mol. The van der Waals surface area contributed by atoms with E-state index in [1.165, 1.54) is 0 Å². The Morgan fingerprint density at radius 3 is 2.83 bits per heavy atom. The molecule has 1 aromatic rings. The highest BCUT2D eigenvalue weighted by atomic mass is 35.5. The summed E-state index contributed by atoms with van der Waals surface area (Å²) in [6.45, 7) is 6.44. The number of anilines is 1. The molecule has 1 saturated heterocycles. The van der Waals surface area contributed by atoms with Gasteiger partial charge in [0.25, 0.3) is 0 Å². The summed E-state index contributed by atoms with van der Waals surface area (Å²) in [5.74, 6) is 2.10. The van der Waals surface area contributed by atoms with Crippen LogP contribution in [0.25, 0.3) is 0 Å². The van der Waals surface area contributed by atoms with Crippen molar-refractivity contribution in [2.24, 2.45) is 17.6 Å². The lowest BCUT2D eigenvalue weighted by atomic mass is 9.89. The summed E-state index contributed by atoms with van der Waals surface area (Å²) in [4.78, 5) is 6.54. The van der Waals surface area contributed by atoms with Crippen molar-refractivity contribution in [3.63, 3.8) is 0 Å². The van der Waals surface area contributed by atoms with Crippen molar-refractivity contribution in [1.29, 1.82) is 5.41 Å². The quantitative estimate of drug-likeness (QED) is 0.638. The molecular weight excluding hydrogens is 248 g/mol. The number of amidine groups is 1. The van der Waals surface area contributed by atoms with Gasteiger partial charge in [0.15, 0.2) is 0 Å². The lowest BCUT2D eigenvalue weighted by molar-refractivity contribution is 0.323. The molecule has 1 aliphatic heterocycles. The van der Waals surface area contributed by atoms with Gasteiger partial charge in [-0.05, 0) is 24.3 Å². The Balaban J connectivity index is 2.29. The van der Waals surface area contributed by atoms with E-state index in [9.17, 15) is 0 Å². The van der Waals surface area contributed by atoms with E-state index in [-0.39, 0.29) is 5.84 Å². The number of rotatable bonds is 2. The van der Waals surface area contributed by atoms with E-state index in [0.29, 0.717) is 16.5 Å². The maximum atomic E-state index is 7.51. The van der Waals surface area contributed by atoms with E-state index < -0.39 is 0 Å². The van der Waals surface area contributed by atoms with Crippen molar-refractivity contribution in [2.75, 3.05) is 18.0 Å². The van der Waals surface area contributed by atoms with Crippen LogP contribution in [0.1, 0.15) is 25.8 Å². The third kappa shape index (κ3) is 2.43. The Kier molecular flexibility index (Phi) is 3.76. The number of hydrogen-bond acceptors (Lipinski definition) is 3. The molecule has 5 heteroatoms. The molecule has 18 heavy (non-hydrogen) atoms. The fourth-order valence-electron chi connectivity index (χ4n) is 2.32. The molecule has 1 aliphatic rings.